The van der Waals surface area contributed by atoms with E-state index in [-0.39, 0.29) is 56.6 Å². The molecule has 0 amide bonds. The van der Waals surface area contributed by atoms with Crippen molar-refractivity contribution in [2.45, 2.75) is 6.10 Å². The van der Waals surface area contributed by atoms with E-state index in [0.29, 0.717) is 0 Å². The summed E-state index contributed by atoms with van der Waals surface area (Å²) in [7, 11) is -4.95. The molecule has 0 saturated heterocycles. The maximum absolute atomic E-state index is 9.77. The van der Waals surface area contributed by atoms with Crippen LogP contribution in [0.25, 0.3) is 0 Å². The first-order valence-electron chi connectivity index (χ1n) is 2.23. The molecule has 0 aliphatic rings. The van der Waals surface area contributed by atoms with E-state index in [0.717, 1.165) is 0 Å². The largest absolute Gasteiger partial charge is 1.00 e. The van der Waals surface area contributed by atoms with Crippen LogP contribution < -0.4 is 71.5 Å². The molecule has 0 fully saturated rings. The Hall–Kier alpha value is 1.37. The predicted molar refractivity (Wildman–Crippen MR) is 23.5 cm³/mol. The smallest absolute Gasteiger partial charge is 0.811 e. The Balaban J connectivity index is -0.000000135. The van der Waals surface area contributed by atoms with Gasteiger partial charge in [0.1, 0.15) is 0 Å². The van der Waals surface area contributed by atoms with Crippen molar-refractivity contribution in [1.82, 2.24) is 0 Å². The average molecular weight is 188 g/mol. The Labute approximate surface area is 111 Å². The van der Waals surface area contributed by atoms with Gasteiger partial charge >= 0.3 is 56.6 Å². The number of carboxylic acids is 1. The second kappa shape index (κ2) is 9.91. The van der Waals surface area contributed by atoms with Crippen molar-refractivity contribution in [1.29, 1.82) is 0 Å². The Morgan fingerprint density at radius 2 is 1.62 bits per heavy atom. The third-order valence-electron chi connectivity index (χ3n) is 0.669. The summed E-state index contributed by atoms with van der Waals surface area (Å²) in [6.45, 7) is 0. The molecule has 0 heterocycles. The summed E-state index contributed by atoms with van der Waals surface area (Å²) in [5, 5.41) is 17.8. The van der Waals surface area contributed by atoms with Gasteiger partial charge in [0, 0.05) is 6.16 Å². The Morgan fingerprint density at radius 1 is 1.31 bits per heavy atom. The van der Waals surface area contributed by atoms with Crippen LogP contribution in [0, 0.1) is 0 Å². The number of carbonyl (C=O) groups excluding carboxylic acids is 1. The van der Waals surface area contributed by atoms with Crippen LogP contribution in [0.4, 0.5) is 0 Å². The molecule has 0 saturated carbocycles. The van der Waals surface area contributed by atoms with Crippen molar-refractivity contribution in [2.75, 3.05) is 6.16 Å². The fraction of sp³-hybridized carbons (Fsp3) is 0.667. The standard InChI is InChI=1S/C3H7O6P.3Li/c4-2(3(5)6)1-10(7,8)9;;;/h2,4H,1H2,(H,5,6)(H2,7,8,9);;;/q;3*+1/p-3. The third kappa shape index (κ3) is 16.1. The number of carboxylic acid groups (broad SMARTS) is 1. The Bertz CT molecular complexity index is 180. The monoisotopic (exact) mass is 188 g/mol. The van der Waals surface area contributed by atoms with Gasteiger partial charge in [0.2, 0.25) is 0 Å². The zero-order valence-corrected chi connectivity index (χ0v) is 8.61. The van der Waals surface area contributed by atoms with Crippen molar-refractivity contribution in [3.63, 3.8) is 0 Å². The molecular weight excluding hydrogens is 184 g/mol. The summed E-state index contributed by atoms with van der Waals surface area (Å²) in [6.07, 6.45) is -3.55. The quantitative estimate of drug-likeness (QED) is 0.346. The molecule has 0 aromatic rings. The number of aliphatic carboxylic acids is 1. The van der Waals surface area contributed by atoms with E-state index < -0.39 is 25.8 Å². The van der Waals surface area contributed by atoms with Gasteiger partial charge in [0.15, 0.2) is 0 Å². The van der Waals surface area contributed by atoms with Crippen molar-refractivity contribution in [3.8, 4) is 0 Å². The molecule has 1 unspecified atom stereocenters. The minimum Gasteiger partial charge on any atom is -0.811 e. The summed E-state index contributed by atoms with van der Waals surface area (Å²) in [4.78, 5) is 29.2. The maximum Gasteiger partial charge on any atom is 1.00 e. The maximum atomic E-state index is 9.77. The van der Waals surface area contributed by atoms with E-state index in [1.165, 1.54) is 0 Å². The van der Waals surface area contributed by atoms with E-state index in [9.17, 15) is 24.3 Å². The van der Waals surface area contributed by atoms with Gasteiger partial charge < -0.3 is 29.4 Å². The summed E-state index contributed by atoms with van der Waals surface area (Å²) in [6, 6.07) is 0. The number of hydrogen-bond acceptors (Lipinski definition) is 6. The van der Waals surface area contributed by atoms with Crippen LogP contribution in [0.1, 0.15) is 0 Å². The van der Waals surface area contributed by atoms with Crippen LogP contribution in [-0.2, 0) is 9.36 Å². The zero-order valence-electron chi connectivity index (χ0n) is 7.72. The zero-order chi connectivity index (χ0) is 8.36. The molecule has 60 valence electrons. The van der Waals surface area contributed by atoms with Gasteiger partial charge in [-0.2, -0.15) is 0 Å². The number of carbonyl (C=O) groups is 1. The molecular formula is C3H4Li3O6P. The molecule has 13 heavy (non-hydrogen) atoms. The SMILES string of the molecule is O=C([O-])C(O)CP(=O)([O-])[O-].[Li+].[Li+].[Li+]. The number of rotatable bonds is 3. The van der Waals surface area contributed by atoms with Gasteiger partial charge in [-0.1, -0.05) is 7.60 Å². The molecule has 0 rings (SSSR count). The number of aliphatic hydroxyl groups is 1. The number of hydrogen-bond donors (Lipinski definition) is 1. The van der Waals surface area contributed by atoms with E-state index in [1.54, 1.807) is 0 Å². The second-order valence-corrected chi connectivity index (χ2v) is 3.22. The van der Waals surface area contributed by atoms with E-state index >= 15 is 0 Å². The van der Waals surface area contributed by atoms with Crippen LogP contribution in [-0.4, -0.2) is 23.3 Å². The fourth-order valence-electron chi connectivity index (χ4n) is 0.286. The third-order valence-corrected chi connectivity index (χ3v) is 1.46. The molecule has 0 aliphatic heterocycles. The van der Waals surface area contributed by atoms with Gasteiger partial charge in [-0.25, -0.2) is 0 Å². The van der Waals surface area contributed by atoms with Crippen LogP contribution in [0.5, 0.6) is 0 Å². The normalized spacial score (nSPS) is 11.3. The van der Waals surface area contributed by atoms with Gasteiger partial charge in [-0.15, -0.1) is 0 Å². The molecule has 0 radical (unpaired) electrons. The van der Waals surface area contributed by atoms with Crippen LogP contribution >= 0.6 is 7.60 Å². The number of aliphatic hydroxyl groups excluding tert-OH is 1. The van der Waals surface area contributed by atoms with Crippen molar-refractivity contribution in [2.24, 2.45) is 0 Å². The minimum atomic E-state index is -4.95. The van der Waals surface area contributed by atoms with Gasteiger partial charge in [0.05, 0.1) is 12.1 Å². The van der Waals surface area contributed by atoms with E-state index in [1.807, 2.05) is 0 Å². The summed E-state index contributed by atoms with van der Waals surface area (Å²) in [5.41, 5.74) is 0. The molecule has 1 N–H and O–H groups in total. The molecule has 1 atom stereocenters. The fourth-order valence-corrected chi connectivity index (χ4v) is 0.859. The second-order valence-electron chi connectivity index (χ2n) is 1.63. The summed E-state index contributed by atoms with van der Waals surface area (Å²) < 4.78 is 9.77. The first kappa shape index (κ1) is 23.9. The first-order valence-corrected chi connectivity index (χ1v) is 3.96. The topological polar surface area (TPSA) is 124 Å². The molecule has 0 bridgehead atoms. The Kier molecular flexibility index (Phi) is 18.2. The summed E-state index contributed by atoms with van der Waals surface area (Å²) in [5.74, 6) is -1.97. The summed E-state index contributed by atoms with van der Waals surface area (Å²) >= 11 is 0. The van der Waals surface area contributed by atoms with Gasteiger partial charge in [-0.05, 0) is 0 Å². The van der Waals surface area contributed by atoms with Crippen molar-refractivity contribution in [3.05, 3.63) is 0 Å². The predicted octanol–water partition coefficient (Wildman–Crippen LogP) is -13.0. The Morgan fingerprint density at radius 3 is 1.69 bits per heavy atom. The molecule has 0 aromatic heterocycles. The van der Waals surface area contributed by atoms with E-state index in [2.05, 4.69) is 0 Å². The van der Waals surface area contributed by atoms with Crippen LogP contribution in [0.3, 0.4) is 0 Å². The molecule has 6 nitrogen and oxygen atoms in total. The van der Waals surface area contributed by atoms with Gasteiger partial charge in [0.25, 0.3) is 0 Å². The first-order chi connectivity index (χ1) is 4.33. The minimum absolute atomic E-state index is 0. The molecule has 0 spiro atoms. The molecule has 0 aliphatic carbocycles. The van der Waals surface area contributed by atoms with Crippen LogP contribution in [0.15, 0.2) is 0 Å². The van der Waals surface area contributed by atoms with Gasteiger partial charge in [-0.3, -0.25) is 0 Å². The molecule has 0 aromatic carbocycles. The van der Waals surface area contributed by atoms with Crippen LogP contribution in [0.2, 0.25) is 0 Å². The average Bonchev–Trinajstić information content (AvgIpc) is 1.60. The van der Waals surface area contributed by atoms with Crippen molar-refractivity contribution >= 4 is 13.6 Å². The van der Waals surface area contributed by atoms with Crippen molar-refractivity contribution < 1.29 is 85.9 Å². The van der Waals surface area contributed by atoms with E-state index in [4.69, 9.17) is 5.11 Å². The molecule has 10 heteroatoms.